The van der Waals surface area contributed by atoms with E-state index in [2.05, 4.69) is 49.6 Å². The van der Waals surface area contributed by atoms with Crippen LogP contribution in [0.2, 0.25) is 0 Å². The van der Waals surface area contributed by atoms with Crippen LogP contribution in [0.15, 0.2) is 61.6 Å². The quantitative estimate of drug-likeness (QED) is 0.353. The van der Waals surface area contributed by atoms with Crippen LogP contribution in [0.25, 0.3) is 22.5 Å². The number of aryl methyl sites for hydroxylation is 1. The molecule has 6 rings (SSSR count). The van der Waals surface area contributed by atoms with Gasteiger partial charge in [-0.2, -0.15) is 20.6 Å². The van der Waals surface area contributed by atoms with Gasteiger partial charge >= 0.3 is 0 Å². The maximum absolute atomic E-state index is 13.2. The number of nitrogens with zero attached hydrogens (tertiary/aromatic N) is 9. The van der Waals surface area contributed by atoms with Crippen molar-refractivity contribution in [2.45, 2.75) is 31.7 Å². The van der Waals surface area contributed by atoms with Gasteiger partial charge in [-0.3, -0.25) is 9.48 Å². The standard InChI is InChI=1S/C28H27FN10O/c1-28(35-26(40)9-19-3-4-25(31-12-19)38-18-23(29)15-34-38)5-7-37(8-6-28)24-10-20(22-14-32-36(2)16-22)17-39-27(24)21(11-30)13-33-39/h3-4,10,12-18H,5-9H2,1-2H3,(H,35,40). The third-order valence-corrected chi connectivity index (χ3v) is 7.36. The van der Waals surface area contributed by atoms with Crippen LogP contribution in [0.5, 0.6) is 0 Å². The molecule has 202 valence electrons. The summed E-state index contributed by atoms with van der Waals surface area (Å²) < 4.78 is 18.1. The Morgan fingerprint density at radius 1 is 1.07 bits per heavy atom. The molecule has 5 aromatic rings. The fourth-order valence-electron chi connectivity index (χ4n) is 5.17. The van der Waals surface area contributed by atoms with Crippen molar-refractivity contribution in [3.05, 3.63) is 78.5 Å². The first-order valence-corrected chi connectivity index (χ1v) is 12.9. The molecular formula is C28H27FN10O. The largest absolute Gasteiger partial charge is 0.370 e. The van der Waals surface area contributed by atoms with Gasteiger partial charge in [0.25, 0.3) is 0 Å². The second kappa shape index (κ2) is 9.92. The maximum atomic E-state index is 13.2. The van der Waals surface area contributed by atoms with Crippen molar-refractivity contribution in [2.24, 2.45) is 7.05 Å². The number of piperidine rings is 1. The van der Waals surface area contributed by atoms with E-state index in [9.17, 15) is 14.4 Å². The lowest BCUT2D eigenvalue weighted by molar-refractivity contribution is -0.122. The van der Waals surface area contributed by atoms with Gasteiger partial charge in [-0.1, -0.05) is 6.07 Å². The van der Waals surface area contributed by atoms with Gasteiger partial charge in [0.1, 0.15) is 11.6 Å². The highest BCUT2D eigenvalue weighted by molar-refractivity contribution is 5.84. The lowest BCUT2D eigenvalue weighted by atomic mass is 9.88. The molecule has 1 fully saturated rings. The van der Waals surface area contributed by atoms with Gasteiger partial charge in [0.15, 0.2) is 11.6 Å². The molecule has 0 atom stereocenters. The summed E-state index contributed by atoms with van der Waals surface area (Å²) in [6.07, 6.45) is 12.9. The number of aromatic nitrogens is 7. The monoisotopic (exact) mass is 538 g/mol. The second-order valence-corrected chi connectivity index (χ2v) is 10.4. The van der Waals surface area contributed by atoms with E-state index in [1.165, 1.54) is 10.9 Å². The molecule has 0 aliphatic carbocycles. The number of nitrogens with one attached hydrogen (secondary N) is 1. The molecule has 0 bridgehead atoms. The van der Waals surface area contributed by atoms with E-state index in [4.69, 9.17) is 0 Å². The number of fused-ring (bicyclic) bond motifs is 1. The minimum atomic E-state index is -0.439. The molecule has 12 heteroatoms. The Hall–Kier alpha value is -5.05. The normalized spacial score (nSPS) is 14.8. The van der Waals surface area contributed by atoms with Gasteiger partial charge in [0.05, 0.1) is 42.5 Å². The van der Waals surface area contributed by atoms with Crippen LogP contribution in [-0.2, 0) is 18.3 Å². The molecule has 1 aliphatic heterocycles. The lowest BCUT2D eigenvalue weighted by Crippen LogP contribution is -2.53. The van der Waals surface area contributed by atoms with E-state index in [-0.39, 0.29) is 17.9 Å². The molecule has 1 N–H and O–H groups in total. The minimum Gasteiger partial charge on any atom is -0.370 e. The van der Waals surface area contributed by atoms with Crippen LogP contribution in [0.3, 0.4) is 0 Å². The first kappa shape index (κ1) is 25.2. The third kappa shape index (κ3) is 4.89. The molecule has 0 spiro atoms. The number of pyridine rings is 2. The SMILES string of the molecule is Cn1cc(-c2cc(N3CCC(C)(NC(=O)Cc4ccc(-n5cc(F)cn5)nc4)CC3)c3c(C#N)cnn3c2)cn1. The van der Waals surface area contributed by atoms with Crippen LogP contribution in [0, 0.1) is 17.1 Å². The number of rotatable bonds is 6. The van der Waals surface area contributed by atoms with E-state index >= 15 is 0 Å². The Kier molecular flexibility index (Phi) is 6.26. The third-order valence-electron chi connectivity index (χ3n) is 7.36. The molecule has 6 heterocycles. The molecular weight excluding hydrogens is 511 g/mol. The summed E-state index contributed by atoms with van der Waals surface area (Å²) in [6.45, 7) is 3.47. The summed E-state index contributed by atoms with van der Waals surface area (Å²) in [5, 5.41) is 25.6. The summed E-state index contributed by atoms with van der Waals surface area (Å²) in [7, 11) is 1.87. The van der Waals surface area contributed by atoms with Gasteiger partial charge < -0.3 is 10.2 Å². The highest BCUT2D eigenvalue weighted by Crippen LogP contribution is 2.34. The predicted molar refractivity (Wildman–Crippen MR) is 145 cm³/mol. The lowest BCUT2D eigenvalue weighted by Gasteiger charge is -2.41. The van der Waals surface area contributed by atoms with Crippen molar-refractivity contribution in [2.75, 3.05) is 18.0 Å². The first-order chi connectivity index (χ1) is 19.3. The Balaban J connectivity index is 1.15. The molecule has 0 unspecified atom stereocenters. The molecule has 0 radical (unpaired) electrons. The molecule has 5 aromatic heterocycles. The van der Waals surface area contributed by atoms with Gasteiger partial charge in [0, 0.05) is 55.4 Å². The summed E-state index contributed by atoms with van der Waals surface area (Å²) >= 11 is 0. The topological polar surface area (TPSA) is 122 Å². The zero-order chi connectivity index (χ0) is 27.9. The smallest absolute Gasteiger partial charge is 0.224 e. The van der Waals surface area contributed by atoms with Crippen molar-refractivity contribution in [1.82, 2.24) is 39.5 Å². The van der Waals surface area contributed by atoms with E-state index in [0.717, 1.165) is 46.9 Å². The van der Waals surface area contributed by atoms with Crippen molar-refractivity contribution >= 4 is 17.1 Å². The first-order valence-electron chi connectivity index (χ1n) is 12.9. The molecule has 1 amide bonds. The number of nitriles is 1. The van der Waals surface area contributed by atoms with E-state index in [1.807, 2.05) is 25.6 Å². The van der Waals surface area contributed by atoms with Gasteiger partial charge in [-0.15, -0.1) is 0 Å². The number of anilines is 1. The number of carbonyl (C=O) groups is 1. The average Bonchev–Trinajstić information content (AvgIpc) is 3.68. The molecule has 1 saturated heterocycles. The van der Waals surface area contributed by atoms with E-state index in [0.29, 0.717) is 24.5 Å². The fourth-order valence-corrected chi connectivity index (χ4v) is 5.17. The van der Waals surface area contributed by atoms with Gasteiger partial charge in [-0.05, 0) is 37.5 Å². The van der Waals surface area contributed by atoms with Crippen LogP contribution in [0.4, 0.5) is 10.1 Å². The molecule has 11 nitrogen and oxygen atoms in total. The van der Waals surface area contributed by atoms with Crippen LogP contribution in [-0.4, -0.2) is 58.7 Å². The van der Waals surface area contributed by atoms with Crippen molar-refractivity contribution in [1.29, 1.82) is 5.26 Å². The maximum Gasteiger partial charge on any atom is 0.224 e. The second-order valence-electron chi connectivity index (χ2n) is 10.4. The zero-order valence-electron chi connectivity index (χ0n) is 22.1. The molecule has 0 saturated carbocycles. The number of hydrogen-bond acceptors (Lipinski definition) is 7. The zero-order valence-corrected chi connectivity index (χ0v) is 22.1. The molecule has 40 heavy (non-hydrogen) atoms. The summed E-state index contributed by atoms with van der Waals surface area (Å²) in [5.41, 5.74) is 4.54. The minimum absolute atomic E-state index is 0.0841. The number of hydrogen-bond donors (Lipinski definition) is 1. The Morgan fingerprint density at radius 2 is 1.90 bits per heavy atom. The Morgan fingerprint density at radius 3 is 2.55 bits per heavy atom. The van der Waals surface area contributed by atoms with Crippen LogP contribution < -0.4 is 10.2 Å². The van der Waals surface area contributed by atoms with Crippen molar-refractivity contribution in [3.63, 3.8) is 0 Å². The van der Waals surface area contributed by atoms with E-state index in [1.54, 1.807) is 33.7 Å². The summed E-state index contributed by atoms with van der Waals surface area (Å²) in [5.74, 6) is -0.0446. The van der Waals surface area contributed by atoms with E-state index < -0.39 is 5.82 Å². The Bertz CT molecular complexity index is 1730. The van der Waals surface area contributed by atoms with Gasteiger partial charge in [-0.25, -0.2) is 18.6 Å². The highest BCUT2D eigenvalue weighted by atomic mass is 19.1. The van der Waals surface area contributed by atoms with Crippen LogP contribution in [0.1, 0.15) is 30.9 Å². The molecule has 0 aromatic carbocycles. The molecule has 1 aliphatic rings. The fraction of sp³-hybridized carbons (Fsp3) is 0.286. The number of halogens is 1. The number of carbonyl (C=O) groups excluding carboxylic acids is 1. The van der Waals surface area contributed by atoms with Crippen molar-refractivity contribution in [3.8, 4) is 23.0 Å². The number of amides is 1. The highest BCUT2D eigenvalue weighted by Gasteiger charge is 2.32. The average molecular weight is 539 g/mol. The van der Waals surface area contributed by atoms with Crippen LogP contribution >= 0.6 is 0 Å². The van der Waals surface area contributed by atoms with Gasteiger partial charge in [0.2, 0.25) is 5.91 Å². The Labute approximate surface area is 229 Å². The predicted octanol–water partition coefficient (Wildman–Crippen LogP) is 3.04. The summed E-state index contributed by atoms with van der Waals surface area (Å²) in [4.78, 5) is 19.5. The summed E-state index contributed by atoms with van der Waals surface area (Å²) in [6, 6.07) is 7.86. The van der Waals surface area contributed by atoms with Crippen molar-refractivity contribution < 1.29 is 9.18 Å².